The number of nitrogens with one attached hydrogen (secondary N) is 2. The normalized spacial score (nSPS) is 12.1. The highest BCUT2D eigenvalue weighted by Crippen LogP contribution is 2.23. The van der Waals surface area contributed by atoms with E-state index in [1.54, 1.807) is 30.1 Å². The number of carbonyl (C=O) groups is 1. The number of hydrogen-bond acceptors (Lipinski definition) is 4. The number of carbonyl (C=O) groups excluding carboxylic acids is 1. The summed E-state index contributed by atoms with van der Waals surface area (Å²) in [6.45, 7) is 3.95. The van der Waals surface area contributed by atoms with Crippen molar-refractivity contribution in [2.75, 3.05) is 23.8 Å². The van der Waals surface area contributed by atoms with Crippen LogP contribution in [-0.2, 0) is 7.05 Å². The molecule has 0 fully saturated rings. The minimum absolute atomic E-state index is 0.0220. The van der Waals surface area contributed by atoms with Crippen molar-refractivity contribution >= 4 is 17.4 Å². The topological polar surface area (TPSA) is 82.4 Å². The second kappa shape index (κ2) is 7.98. The average molecular weight is 349 g/mol. The molecule has 0 aliphatic carbocycles. The van der Waals surface area contributed by atoms with Crippen LogP contribution in [-0.4, -0.2) is 40.6 Å². The molecule has 2 aromatic rings. The molecule has 7 nitrogen and oxygen atoms in total. The molecule has 0 saturated carbocycles. The van der Waals surface area contributed by atoms with Gasteiger partial charge in [0.05, 0.1) is 18.0 Å². The van der Waals surface area contributed by atoms with Gasteiger partial charge in [0.25, 0.3) is 0 Å². The second-order valence-corrected chi connectivity index (χ2v) is 6.17. The fraction of sp³-hybridized carbons (Fsp3) is 0.412. The van der Waals surface area contributed by atoms with Crippen molar-refractivity contribution in [2.45, 2.75) is 26.0 Å². The molecule has 8 heteroatoms. The number of aliphatic hydroxyl groups is 1. The largest absolute Gasteiger partial charge is 0.386 e. The number of aliphatic hydroxyl groups excluding tert-OH is 1. The number of aryl methyl sites for hydroxylation is 1. The Labute approximate surface area is 146 Å². The van der Waals surface area contributed by atoms with E-state index in [1.807, 2.05) is 25.8 Å². The van der Waals surface area contributed by atoms with Gasteiger partial charge in [0.1, 0.15) is 5.82 Å². The predicted octanol–water partition coefficient (Wildman–Crippen LogP) is 2.26. The molecule has 1 aromatic heterocycles. The van der Waals surface area contributed by atoms with Crippen LogP contribution in [0.5, 0.6) is 0 Å². The summed E-state index contributed by atoms with van der Waals surface area (Å²) < 4.78 is 15.8. The lowest BCUT2D eigenvalue weighted by molar-refractivity contribution is 0.175. The monoisotopic (exact) mass is 349 g/mol. The molecular weight excluding hydrogens is 325 g/mol. The van der Waals surface area contributed by atoms with Gasteiger partial charge in [-0.3, -0.25) is 4.68 Å². The molecule has 0 bridgehead atoms. The van der Waals surface area contributed by atoms with Gasteiger partial charge in [-0.05, 0) is 32.0 Å². The van der Waals surface area contributed by atoms with Gasteiger partial charge in [0.2, 0.25) is 0 Å². The molecule has 1 aromatic carbocycles. The van der Waals surface area contributed by atoms with Crippen molar-refractivity contribution < 1.29 is 14.3 Å². The Morgan fingerprint density at radius 1 is 1.44 bits per heavy atom. The number of rotatable bonds is 6. The van der Waals surface area contributed by atoms with Crippen LogP contribution in [0.1, 0.15) is 25.5 Å². The van der Waals surface area contributed by atoms with Gasteiger partial charge < -0.3 is 20.6 Å². The second-order valence-electron chi connectivity index (χ2n) is 6.17. The van der Waals surface area contributed by atoms with E-state index in [1.165, 1.54) is 12.3 Å². The molecule has 136 valence electrons. The maximum atomic E-state index is 14.2. The van der Waals surface area contributed by atoms with Crippen LogP contribution >= 0.6 is 0 Å². The highest BCUT2D eigenvalue weighted by atomic mass is 19.1. The Kier molecular flexibility index (Phi) is 5.97. The number of aromatic nitrogens is 2. The van der Waals surface area contributed by atoms with E-state index >= 15 is 0 Å². The average Bonchev–Trinajstić information content (AvgIpc) is 2.98. The number of benzene rings is 1. The lowest BCUT2D eigenvalue weighted by atomic mass is 10.2. The minimum atomic E-state index is -0.863. The summed E-state index contributed by atoms with van der Waals surface area (Å²) in [5.41, 5.74) is 1.41. The molecule has 0 radical (unpaired) electrons. The molecule has 25 heavy (non-hydrogen) atoms. The first-order valence-corrected chi connectivity index (χ1v) is 8.01. The van der Waals surface area contributed by atoms with Crippen molar-refractivity contribution in [3.8, 4) is 0 Å². The Bertz CT molecular complexity index is 732. The van der Waals surface area contributed by atoms with Crippen LogP contribution in [0.3, 0.4) is 0 Å². The third-order valence-corrected chi connectivity index (χ3v) is 3.93. The smallest absolute Gasteiger partial charge is 0.319 e. The molecule has 0 aliphatic rings. The molecule has 0 saturated heterocycles. The van der Waals surface area contributed by atoms with E-state index in [2.05, 4.69) is 15.7 Å². The first-order chi connectivity index (χ1) is 11.8. The highest BCUT2D eigenvalue weighted by Gasteiger charge is 2.13. The Balaban J connectivity index is 1.91. The molecular formula is C17H24FN5O2. The molecule has 3 N–H and O–H groups in total. The fourth-order valence-electron chi connectivity index (χ4n) is 2.24. The highest BCUT2D eigenvalue weighted by molar-refractivity contribution is 5.89. The summed E-state index contributed by atoms with van der Waals surface area (Å²) in [7, 11) is 3.55. The van der Waals surface area contributed by atoms with Crippen molar-refractivity contribution in [3.05, 3.63) is 42.0 Å². The van der Waals surface area contributed by atoms with Gasteiger partial charge in [0, 0.05) is 44.1 Å². The summed E-state index contributed by atoms with van der Waals surface area (Å²) in [6, 6.07) is 4.16. The van der Waals surface area contributed by atoms with Crippen LogP contribution in [0.4, 0.5) is 20.6 Å². The third kappa shape index (κ3) is 4.93. The number of hydrogen-bond donors (Lipinski definition) is 3. The number of urea groups is 1. The SMILES string of the molecule is CC(C)N(C)c1ccc(NC(=O)NC[C@@H](O)c2cnn(C)c2)cc1F. The first kappa shape index (κ1) is 18.7. The van der Waals surface area contributed by atoms with Crippen molar-refractivity contribution in [1.29, 1.82) is 0 Å². The van der Waals surface area contributed by atoms with Gasteiger partial charge in [-0.25, -0.2) is 9.18 Å². The third-order valence-electron chi connectivity index (χ3n) is 3.93. The Hall–Kier alpha value is -2.61. The zero-order valence-electron chi connectivity index (χ0n) is 14.8. The lowest BCUT2D eigenvalue weighted by Crippen LogP contribution is -2.32. The van der Waals surface area contributed by atoms with Gasteiger partial charge in [-0.15, -0.1) is 0 Å². The summed E-state index contributed by atoms with van der Waals surface area (Å²) in [6.07, 6.45) is 2.34. The van der Waals surface area contributed by atoms with Gasteiger partial charge in [-0.2, -0.15) is 5.10 Å². The Morgan fingerprint density at radius 3 is 2.72 bits per heavy atom. The molecule has 1 atom stereocenters. The van der Waals surface area contributed by atoms with Crippen LogP contribution in [0.25, 0.3) is 0 Å². The quantitative estimate of drug-likeness (QED) is 0.747. The maximum absolute atomic E-state index is 14.2. The summed E-state index contributed by atoms with van der Waals surface area (Å²) in [5.74, 6) is -0.413. The zero-order valence-corrected chi connectivity index (χ0v) is 14.8. The molecule has 1 heterocycles. The van der Waals surface area contributed by atoms with Crippen molar-refractivity contribution in [2.24, 2.45) is 7.05 Å². The standard InChI is InChI=1S/C17H24FN5O2/c1-11(2)23(4)15-6-5-13(7-14(15)18)21-17(25)19-9-16(24)12-8-20-22(3)10-12/h5-8,10-11,16,24H,9H2,1-4H3,(H2,19,21,25)/t16-/m1/s1. The molecule has 0 aliphatic heterocycles. The van der Waals surface area contributed by atoms with Crippen LogP contribution in [0, 0.1) is 5.82 Å². The predicted molar refractivity (Wildman–Crippen MR) is 95.1 cm³/mol. The van der Waals surface area contributed by atoms with E-state index in [0.29, 0.717) is 16.9 Å². The number of anilines is 2. The number of nitrogens with zero attached hydrogens (tertiary/aromatic N) is 3. The van der Waals surface area contributed by atoms with E-state index in [9.17, 15) is 14.3 Å². The fourth-order valence-corrected chi connectivity index (χ4v) is 2.24. The maximum Gasteiger partial charge on any atom is 0.319 e. The Morgan fingerprint density at radius 2 is 2.16 bits per heavy atom. The number of amides is 2. The van der Waals surface area contributed by atoms with E-state index in [4.69, 9.17) is 0 Å². The van der Waals surface area contributed by atoms with Crippen molar-refractivity contribution in [1.82, 2.24) is 15.1 Å². The van der Waals surface area contributed by atoms with Gasteiger partial charge >= 0.3 is 6.03 Å². The van der Waals surface area contributed by atoms with Gasteiger partial charge in [0.15, 0.2) is 0 Å². The number of halogens is 1. The minimum Gasteiger partial charge on any atom is -0.386 e. The summed E-state index contributed by atoms with van der Waals surface area (Å²) in [5, 5.41) is 19.0. The van der Waals surface area contributed by atoms with E-state index < -0.39 is 18.0 Å². The molecule has 0 unspecified atom stereocenters. The van der Waals surface area contributed by atoms with Gasteiger partial charge in [-0.1, -0.05) is 0 Å². The van der Waals surface area contributed by atoms with E-state index in [0.717, 1.165) is 0 Å². The zero-order chi connectivity index (χ0) is 18.6. The molecule has 2 rings (SSSR count). The summed E-state index contributed by atoms with van der Waals surface area (Å²) >= 11 is 0. The molecule has 2 amide bonds. The molecule has 0 spiro atoms. The lowest BCUT2D eigenvalue weighted by Gasteiger charge is -2.24. The van der Waals surface area contributed by atoms with Crippen LogP contribution in [0.2, 0.25) is 0 Å². The van der Waals surface area contributed by atoms with Crippen LogP contribution < -0.4 is 15.5 Å². The first-order valence-electron chi connectivity index (χ1n) is 8.01. The van der Waals surface area contributed by atoms with Crippen molar-refractivity contribution in [3.63, 3.8) is 0 Å². The van der Waals surface area contributed by atoms with Crippen LogP contribution in [0.15, 0.2) is 30.6 Å². The van der Waals surface area contributed by atoms with E-state index in [-0.39, 0.29) is 12.6 Å². The summed E-state index contributed by atoms with van der Waals surface area (Å²) in [4.78, 5) is 13.7.